The van der Waals surface area contributed by atoms with Gasteiger partial charge in [-0.3, -0.25) is 0 Å². The fourth-order valence-electron chi connectivity index (χ4n) is 2.17. The third-order valence-electron chi connectivity index (χ3n) is 3.08. The van der Waals surface area contributed by atoms with Crippen LogP contribution < -0.4 is 11.1 Å². The maximum atomic E-state index is 6.01. The Morgan fingerprint density at radius 3 is 3.13 bits per heavy atom. The second kappa shape index (κ2) is 4.42. The molecule has 2 rings (SSSR count). The summed E-state index contributed by atoms with van der Waals surface area (Å²) >= 11 is 6.01. The van der Waals surface area contributed by atoms with Crippen LogP contribution in [0.25, 0.3) is 0 Å². The van der Waals surface area contributed by atoms with E-state index in [0.29, 0.717) is 11.8 Å². The summed E-state index contributed by atoms with van der Waals surface area (Å²) in [7, 11) is 0. The number of nitrogens with one attached hydrogen (secondary N) is 1. The van der Waals surface area contributed by atoms with Gasteiger partial charge in [0.05, 0.1) is 0 Å². The van der Waals surface area contributed by atoms with E-state index in [9.17, 15) is 0 Å². The average molecular weight is 225 g/mol. The average Bonchev–Trinajstić information content (AvgIpc) is 2.61. The maximum absolute atomic E-state index is 6.01. The Kier molecular flexibility index (Phi) is 3.17. The molecule has 0 amide bonds. The Balaban J connectivity index is 2.16. The van der Waals surface area contributed by atoms with Gasteiger partial charge in [-0.15, -0.1) is 0 Å². The number of fused-ring (bicyclic) bond motifs is 1. The summed E-state index contributed by atoms with van der Waals surface area (Å²) in [6.45, 7) is 3.97. The Morgan fingerprint density at radius 2 is 2.40 bits per heavy atom. The van der Waals surface area contributed by atoms with Crippen molar-refractivity contribution in [2.75, 3.05) is 18.4 Å². The molecule has 0 aliphatic carbocycles. The van der Waals surface area contributed by atoms with E-state index in [0.717, 1.165) is 24.5 Å². The SMILES string of the molecule is CC(CN)CC1CNc2ccc(Cl)cc21. The summed E-state index contributed by atoms with van der Waals surface area (Å²) in [6, 6.07) is 6.07. The van der Waals surface area contributed by atoms with Crippen LogP contribution in [0.3, 0.4) is 0 Å². The van der Waals surface area contributed by atoms with E-state index < -0.39 is 0 Å². The van der Waals surface area contributed by atoms with Crippen LogP contribution in [-0.4, -0.2) is 13.1 Å². The number of anilines is 1. The molecule has 0 aromatic heterocycles. The van der Waals surface area contributed by atoms with E-state index in [1.165, 1.54) is 11.3 Å². The lowest BCUT2D eigenvalue weighted by Gasteiger charge is -2.14. The Morgan fingerprint density at radius 1 is 1.60 bits per heavy atom. The number of nitrogens with two attached hydrogens (primary N) is 1. The smallest absolute Gasteiger partial charge is 0.0410 e. The molecule has 15 heavy (non-hydrogen) atoms. The Bertz CT molecular complexity index is 351. The highest BCUT2D eigenvalue weighted by atomic mass is 35.5. The molecule has 2 atom stereocenters. The molecule has 1 aliphatic heterocycles. The Hall–Kier alpha value is -0.730. The highest BCUT2D eigenvalue weighted by Crippen LogP contribution is 2.36. The van der Waals surface area contributed by atoms with Crippen LogP contribution >= 0.6 is 11.6 Å². The molecule has 2 unspecified atom stereocenters. The third-order valence-corrected chi connectivity index (χ3v) is 3.32. The zero-order valence-corrected chi connectivity index (χ0v) is 9.72. The highest BCUT2D eigenvalue weighted by molar-refractivity contribution is 6.30. The minimum atomic E-state index is 0.567. The minimum absolute atomic E-state index is 0.567. The first-order valence-electron chi connectivity index (χ1n) is 5.44. The van der Waals surface area contributed by atoms with Crippen LogP contribution in [0.1, 0.15) is 24.8 Å². The van der Waals surface area contributed by atoms with Gasteiger partial charge in [0.25, 0.3) is 0 Å². The van der Waals surface area contributed by atoms with Gasteiger partial charge in [-0.05, 0) is 42.6 Å². The van der Waals surface area contributed by atoms with Gasteiger partial charge in [0.1, 0.15) is 0 Å². The molecule has 0 spiro atoms. The van der Waals surface area contributed by atoms with Gasteiger partial charge in [0.15, 0.2) is 0 Å². The molecular weight excluding hydrogens is 208 g/mol. The molecule has 0 fully saturated rings. The molecule has 0 saturated carbocycles. The fraction of sp³-hybridized carbons (Fsp3) is 0.500. The van der Waals surface area contributed by atoms with Crippen molar-refractivity contribution in [1.82, 2.24) is 0 Å². The van der Waals surface area contributed by atoms with Crippen molar-refractivity contribution in [3.63, 3.8) is 0 Å². The summed E-state index contributed by atoms with van der Waals surface area (Å²) < 4.78 is 0. The molecular formula is C12H17ClN2. The van der Waals surface area contributed by atoms with Gasteiger partial charge in [-0.2, -0.15) is 0 Å². The lowest BCUT2D eigenvalue weighted by Crippen LogP contribution is -2.15. The molecule has 1 aliphatic rings. The first kappa shape index (κ1) is 10.8. The van der Waals surface area contributed by atoms with Gasteiger partial charge in [-0.1, -0.05) is 18.5 Å². The standard InChI is InChI=1S/C12H17ClN2/c1-8(6-14)4-9-7-15-12-3-2-10(13)5-11(9)12/h2-3,5,8-9,15H,4,6-7,14H2,1H3. The van der Waals surface area contributed by atoms with E-state index in [2.05, 4.69) is 24.4 Å². The molecule has 3 N–H and O–H groups in total. The van der Waals surface area contributed by atoms with Gasteiger partial charge in [-0.25, -0.2) is 0 Å². The van der Waals surface area contributed by atoms with E-state index in [1.54, 1.807) is 0 Å². The molecule has 0 saturated heterocycles. The second-order valence-electron chi connectivity index (χ2n) is 4.39. The summed E-state index contributed by atoms with van der Waals surface area (Å²) in [4.78, 5) is 0. The summed E-state index contributed by atoms with van der Waals surface area (Å²) in [5.41, 5.74) is 8.23. The van der Waals surface area contributed by atoms with Crippen molar-refractivity contribution in [3.05, 3.63) is 28.8 Å². The van der Waals surface area contributed by atoms with Crippen molar-refractivity contribution >= 4 is 17.3 Å². The lowest BCUT2D eigenvalue weighted by atomic mass is 9.91. The van der Waals surface area contributed by atoms with Crippen molar-refractivity contribution in [2.45, 2.75) is 19.3 Å². The quantitative estimate of drug-likeness (QED) is 0.829. The molecule has 0 radical (unpaired) electrons. The van der Waals surface area contributed by atoms with Gasteiger partial charge < -0.3 is 11.1 Å². The largest absolute Gasteiger partial charge is 0.384 e. The monoisotopic (exact) mass is 224 g/mol. The van der Waals surface area contributed by atoms with E-state index in [-0.39, 0.29) is 0 Å². The first-order chi connectivity index (χ1) is 7.20. The molecule has 0 bridgehead atoms. The summed E-state index contributed by atoms with van der Waals surface area (Å²) in [5.74, 6) is 1.14. The normalized spacial score (nSPS) is 20.9. The highest BCUT2D eigenvalue weighted by Gasteiger charge is 2.23. The number of hydrogen-bond acceptors (Lipinski definition) is 2. The molecule has 1 aromatic carbocycles. The number of hydrogen-bond donors (Lipinski definition) is 2. The van der Waals surface area contributed by atoms with Crippen LogP contribution in [0.4, 0.5) is 5.69 Å². The van der Waals surface area contributed by atoms with Crippen LogP contribution in [-0.2, 0) is 0 Å². The van der Waals surface area contributed by atoms with E-state index in [4.69, 9.17) is 17.3 Å². The molecule has 82 valence electrons. The minimum Gasteiger partial charge on any atom is -0.384 e. The zero-order chi connectivity index (χ0) is 10.8. The molecule has 1 heterocycles. The van der Waals surface area contributed by atoms with Gasteiger partial charge >= 0.3 is 0 Å². The summed E-state index contributed by atoms with van der Waals surface area (Å²) in [6.07, 6.45) is 1.14. The summed E-state index contributed by atoms with van der Waals surface area (Å²) in [5, 5.41) is 4.23. The number of benzene rings is 1. The predicted octanol–water partition coefficient (Wildman–Crippen LogP) is 2.83. The van der Waals surface area contributed by atoms with E-state index in [1.807, 2.05) is 6.07 Å². The lowest BCUT2D eigenvalue weighted by molar-refractivity contribution is 0.493. The van der Waals surface area contributed by atoms with Crippen LogP contribution in [0.2, 0.25) is 5.02 Å². The van der Waals surface area contributed by atoms with E-state index >= 15 is 0 Å². The second-order valence-corrected chi connectivity index (χ2v) is 4.82. The van der Waals surface area contributed by atoms with Gasteiger partial charge in [0, 0.05) is 23.2 Å². The number of halogens is 1. The molecule has 1 aromatic rings. The first-order valence-corrected chi connectivity index (χ1v) is 5.82. The molecule has 3 heteroatoms. The predicted molar refractivity (Wildman–Crippen MR) is 65.5 cm³/mol. The van der Waals surface area contributed by atoms with Crippen LogP contribution in [0.15, 0.2) is 18.2 Å². The number of rotatable bonds is 3. The topological polar surface area (TPSA) is 38.0 Å². The molecule has 2 nitrogen and oxygen atoms in total. The Labute approximate surface area is 95.8 Å². The fourth-order valence-corrected chi connectivity index (χ4v) is 2.35. The van der Waals surface area contributed by atoms with Crippen molar-refractivity contribution < 1.29 is 0 Å². The zero-order valence-electron chi connectivity index (χ0n) is 8.96. The van der Waals surface area contributed by atoms with Crippen molar-refractivity contribution in [3.8, 4) is 0 Å². The van der Waals surface area contributed by atoms with Crippen molar-refractivity contribution in [1.29, 1.82) is 0 Å². The van der Waals surface area contributed by atoms with Crippen molar-refractivity contribution in [2.24, 2.45) is 11.7 Å². The van der Waals surface area contributed by atoms with Gasteiger partial charge in [0.2, 0.25) is 0 Å². The van der Waals surface area contributed by atoms with Crippen LogP contribution in [0, 0.1) is 5.92 Å². The third kappa shape index (κ3) is 2.27. The maximum Gasteiger partial charge on any atom is 0.0410 e. The van der Waals surface area contributed by atoms with Crippen LogP contribution in [0.5, 0.6) is 0 Å².